The first-order valence-corrected chi connectivity index (χ1v) is 6.50. The maximum Gasteiger partial charge on any atom is 0.328 e. The van der Waals surface area contributed by atoms with E-state index < -0.39 is 11.5 Å². The third-order valence-electron chi connectivity index (χ3n) is 3.84. The molecule has 2 heterocycles. The summed E-state index contributed by atoms with van der Waals surface area (Å²) in [5.41, 5.74) is 6.29. The molecule has 19 heavy (non-hydrogen) atoms. The number of hydrogen-bond acceptors (Lipinski definition) is 4. The van der Waals surface area contributed by atoms with Gasteiger partial charge >= 0.3 is 5.97 Å². The normalized spacial score (nSPS) is 28.6. The van der Waals surface area contributed by atoms with Gasteiger partial charge in [0, 0.05) is 17.5 Å². The number of ether oxygens (including phenoxy) is 2. The Morgan fingerprint density at radius 1 is 1.47 bits per heavy atom. The van der Waals surface area contributed by atoms with Gasteiger partial charge in [-0.25, -0.2) is 4.79 Å². The molecule has 0 saturated carbocycles. The largest absolute Gasteiger partial charge is 0.489 e. The molecule has 0 aromatic heterocycles. The summed E-state index contributed by atoms with van der Waals surface area (Å²) in [6, 6.07) is 3.67. The lowest BCUT2D eigenvalue weighted by atomic mass is 9.85. The zero-order valence-corrected chi connectivity index (χ0v) is 10.8. The van der Waals surface area contributed by atoms with E-state index in [0.717, 1.165) is 12.0 Å². The monoisotopic (exact) mass is 263 g/mol. The first kappa shape index (κ1) is 12.3. The van der Waals surface area contributed by atoms with Crippen molar-refractivity contribution in [3.05, 3.63) is 23.3 Å². The fourth-order valence-corrected chi connectivity index (χ4v) is 2.82. The summed E-state index contributed by atoms with van der Waals surface area (Å²) in [5.74, 6) is 0.164. The minimum atomic E-state index is -1.39. The van der Waals surface area contributed by atoms with E-state index in [-0.39, 0.29) is 6.10 Å². The zero-order chi connectivity index (χ0) is 13.6. The molecule has 1 aromatic carbocycles. The summed E-state index contributed by atoms with van der Waals surface area (Å²) in [6.07, 6.45) is 1.88. The van der Waals surface area contributed by atoms with E-state index in [1.54, 1.807) is 6.07 Å². The quantitative estimate of drug-likeness (QED) is 0.800. The third kappa shape index (κ3) is 1.76. The third-order valence-corrected chi connectivity index (χ3v) is 3.84. The molecular formula is C14H17NO4. The van der Waals surface area contributed by atoms with E-state index in [9.17, 15) is 9.90 Å². The molecule has 2 atom stereocenters. The molecule has 2 unspecified atom stereocenters. The van der Waals surface area contributed by atoms with Crippen LogP contribution in [0.2, 0.25) is 0 Å². The molecule has 0 amide bonds. The highest BCUT2D eigenvalue weighted by Gasteiger charge is 2.42. The van der Waals surface area contributed by atoms with Gasteiger partial charge in [0.1, 0.15) is 11.6 Å². The van der Waals surface area contributed by atoms with Crippen molar-refractivity contribution >= 4 is 5.97 Å². The van der Waals surface area contributed by atoms with Crippen molar-refractivity contribution in [2.24, 2.45) is 5.73 Å². The van der Waals surface area contributed by atoms with Gasteiger partial charge in [-0.15, -0.1) is 0 Å². The van der Waals surface area contributed by atoms with Crippen LogP contribution in [0.5, 0.6) is 11.5 Å². The minimum Gasteiger partial charge on any atom is -0.489 e. The standard InChI is InChI=1S/C14H17NO4/c1-8-7-9-3-4-10-12(11(9)19-8)18-6-2-5-14(10,15)13(16)17/h3-4,8H,2,5-7,15H2,1H3,(H,16,17). The second-order valence-corrected chi connectivity index (χ2v) is 5.29. The highest BCUT2D eigenvalue weighted by molar-refractivity contribution is 5.82. The Hall–Kier alpha value is -1.75. The number of fused-ring (bicyclic) bond motifs is 3. The highest BCUT2D eigenvalue weighted by atomic mass is 16.5. The van der Waals surface area contributed by atoms with E-state index in [0.29, 0.717) is 36.5 Å². The van der Waals surface area contributed by atoms with E-state index in [1.807, 2.05) is 13.0 Å². The van der Waals surface area contributed by atoms with Crippen molar-refractivity contribution in [2.75, 3.05) is 6.61 Å². The maximum absolute atomic E-state index is 11.5. The molecule has 5 nitrogen and oxygen atoms in total. The fourth-order valence-electron chi connectivity index (χ4n) is 2.82. The molecule has 0 spiro atoms. The predicted molar refractivity (Wildman–Crippen MR) is 68.5 cm³/mol. The smallest absolute Gasteiger partial charge is 0.328 e. The first-order chi connectivity index (χ1) is 9.02. The van der Waals surface area contributed by atoms with Crippen LogP contribution in [0.3, 0.4) is 0 Å². The van der Waals surface area contributed by atoms with Crippen LogP contribution in [0, 0.1) is 0 Å². The lowest BCUT2D eigenvalue weighted by Gasteiger charge is -2.24. The van der Waals surface area contributed by atoms with Gasteiger partial charge in [-0.05, 0) is 19.8 Å². The summed E-state index contributed by atoms with van der Waals surface area (Å²) in [7, 11) is 0. The Balaban J connectivity index is 2.18. The van der Waals surface area contributed by atoms with Gasteiger partial charge in [0.05, 0.1) is 6.61 Å². The van der Waals surface area contributed by atoms with Gasteiger partial charge in [0.25, 0.3) is 0 Å². The first-order valence-electron chi connectivity index (χ1n) is 6.50. The molecule has 0 bridgehead atoms. The van der Waals surface area contributed by atoms with Gasteiger partial charge in [0.15, 0.2) is 11.5 Å². The van der Waals surface area contributed by atoms with Gasteiger partial charge in [-0.2, -0.15) is 0 Å². The molecule has 0 radical (unpaired) electrons. The molecule has 5 heteroatoms. The zero-order valence-electron chi connectivity index (χ0n) is 10.8. The molecule has 0 saturated heterocycles. The molecule has 3 N–H and O–H groups in total. The molecule has 102 valence electrons. The number of nitrogens with two attached hydrogens (primary N) is 1. The van der Waals surface area contributed by atoms with E-state index in [2.05, 4.69) is 0 Å². The van der Waals surface area contributed by atoms with Gasteiger partial charge in [-0.3, -0.25) is 0 Å². The van der Waals surface area contributed by atoms with Gasteiger partial charge in [0.2, 0.25) is 0 Å². The van der Waals surface area contributed by atoms with Crippen molar-refractivity contribution in [2.45, 2.75) is 37.8 Å². The summed E-state index contributed by atoms with van der Waals surface area (Å²) < 4.78 is 11.5. The molecule has 2 aliphatic heterocycles. The molecule has 1 aromatic rings. The summed E-state index contributed by atoms with van der Waals surface area (Å²) in [5, 5.41) is 9.45. The second-order valence-electron chi connectivity index (χ2n) is 5.29. The van der Waals surface area contributed by atoms with Crippen LogP contribution in [0.25, 0.3) is 0 Å². The topological polar surface area (TPSA) is 81.8 Å². The lowest BCUT2D eigenvalue weighted by molar-refractivity contribution is -0.144. The molecule has 3 rings (SSSR count). The lowest BCUT2D eigenvalue weighted by Crippen LogP contribution is -2.44. The van der Waals surface area contributed by atoms with E-state index in [1.165, 1.54) is 0 Å². The average Bonchev–Trinajstić information content (AvgIpc) is 2.65. The summed E-state index contributed by atoms with van der Waals surface area (Å²) in [4.78, 5) is 11.5. The minimum absolute atomic E-state index is 0.0883. The number of benzene rings is 1. The summed E-state index contributed by atoms with van der Waals surface area (Å²) >= 11 is 0. The van der Waals surface area contributed by atoms with Crippen molar-refractivity contribution in [1.82, 2.24) is 0 Å². The molecule has 0 fully saturated rings. The van der Waals surface area contributed by atoms with Crippen LogP contribution in [-0.2, 0) is 16.8 Å². The summed E-state index contributed by atoms with van der Waals surface area (Å²) in [6.45, 7) is 2.45. The van der Waals surface area contributed by atoms with Crippen molar-refractivity contribution in [3.8, 4) is 11.5 Å². The predicted octanol–water partition coefficient (Wildman–Crippen LogP) is 1.42. The fraction of sp³-hybridized carbons (Fsp3) is 0.500. The number of carboxylic acids is 1. The number of carboxylic acid groups (broad SMARTS) is 1. The van der Waals surface area contributed by atoms with Crippen LogP contribution >= 0.6 is 0 Å². The van der Waals surface area contributed by atoms with Gasteiger partial charge < -0.3 is 20.3 Å². The average molecular weight is 263 g/mol. The van der Waals surface area contributed by atoms with Gasteiger partial charge in [-0.1, -0.05) is 12.1 Å². The van der Waals surface area contributed by atoms with Crippen LogP contribution < -0.4 is 15.2 Å². The van der Waals surface area contributed by atoms with Crippen LogP contribution in [0.15, 0.2) is 12.1 Å². The van der Waals surface area contributed by atoms with Crippen molar-refractivity contribution in [1.29, 1.82) is 0 Å². The molecule has 0 aliphatic carbocycles. The maximum atomic E-state index is 11.5. The Morgan fingerprint density at radius 3 is 3.00 bits per heavy atom. The number of rotatable bonds is 1. The van der Waals surface area contributed by atoms with E-state index >= 15 is 0 Å². The number of hydrogen-bond donors (Lipinski definition) is 2. The molecule has 2 aliphatic rings. The van der Waals surface area contributed by atoms with Crippen LogP contribution in [0.1, 0.15) is 30.9 Å². The van der Waals surface area contributed by atoms with Crippen LogP contribution in [-0.4, -0.2) is 23.8 Å². The number of aliphatic carboxylic acids is 1. The van der Waals surface area contributed by atoms with E-state index in [4.69, 9.17) is 15.2 Å². The Bertz CT molecular complexity index is 542. The molecular weight excluding hydrogens is 246 g/mol. The van der Waals surface area contributed by atoms with Crippen molar-refractivity contribution < 1.29 is 19.4 Å². The van der Waals surface area contributed by atoms with Crippen LogP contribution in [0.4, 0.5) is 0 Å². The highest BCUT2D eigenvalue weighted by Crippen LogP contribution is 2.46. The Labute approximate surface area is 111 Å². The number of carbonyl (C=O) groups is 1. The van der Waals surface area contributed by atoms with Crippen molar-refractivity contribution in [3.63, 3.8) is 0 Å². The SMILES string of the molecule is CC1Cc2ccc3c(c2O1)OCCCC3(N)C(=O)O. The Morgan fingerprint density at radius 2 is 2.26 bits per heavy atom. The second kappa shape index (κ2) is 4.13. The Kier molecular flexibility index (Phi) is 2.67.